The molecule has 1 aromatic heterocycles. The van der Waals surface area contributed by atoms with Crippen LogP contribution >= 0.6 is 11.6 Å². The number of benzene rings is 1. The van der Waals surface area contributed by atoms with Crippen molar-refractivity contribution < 1.29 is 4.84 Å². The van der Waals surface area contributed by atoms with Gasteiger partial charge in [-0.25, -0.2) is 9.67 Å². The van der Waals surface area contributed by atoms with Crippen LogP contribution in [0, 0.1) is 5.41 Å². The van der Waals surface area contributed by atoms with E-state index in [4.69, 9.17) is 16.4 Å². The lowest BCUT2D eigenvalue weighted by molar-refractivity contribution is -0.108. The fraction of sp³-hybridized carbons (Fsp3) is 0.438. The first-order valence-electron chi connectivity index (χ1n) is 7.23. The molecule has 5 nitrogen and oxygen atoms in total. The minimum Gasteiger partial charge on any atom is -0.386 e. The summed E-state index contributed by atoms with van der Waals surface area (Å²) in [6, 6.07) is 7.68. The van der Waals surface area contributed by atoms with Crippen LogP contribution in [-0.4, -0.2) is 26.1 Å². The van der Waals surface area contributed by atoms with Crippen molar-refractivity contribution in [3.63, 3.8) is 0 Å². The molecule has 0 saturated heterocycles. The third-order valence-corrected chi connectivity index (χ3v) is 4.46. The second-order valence-corrected chi connectivity index (χ2v) is 7.09. The van der Waals surface area contributed by atoms with Gasteiger partial charge in [-0.1, -0.05) is 49.7 Å². The van der Waals surface area contributed by atoms with Crippen molar-refractivity contribution >= 4 is 17.3 Å². The lowest BCUT2D eigenvalue weighted by Crippen LogP contribution is -2.47. The van der Waals surface area contributed by atoms with Crippen LogP contribution in [0.5, 0.6) is 0 Å². The molecule has 3 rings (SSSR count). The van der Waals surface area contributed by atoms with Crippen LogP contribution in [0.1, 0.15) is 32.8 Å². The number of hydrogen-bond donors (Lipinski definition) is 0. The number of rotatable bonds is 3. The Morgan fingerprint density at radius 3 is 2.59 bits per heavy atom. The van der Waals surface area contributed by atoms with Crippen molar-refractivity contribution in [1.82, 2.24) is 14.8 Å². The van der Waals surface area contributed by atoms with Gasteiger partial charge in [0.2, 0.25) is 0 Å². The molecular weight excluding hydrogens is 300 g/mol. The molecule has 1 atom stereocenters. The zero-order valence-corrected chi connectivity index (χ0v) is 13.7. The normalized spacial score (nSPS) is 21.5. The van der Waals surface area contributed by atoms with E-state index in [2.05, 4.69) is 36.0 Å². The van der Waals surface area contributed by atoms with Crippen LogP contribution in [-0.2, 0) is 11.4 Å². The van der Waals surface area contributed by atoms with Gasteiger partial charge >= 0.3 is 0 Å². The number of nitrogens with zero attached hydrogens (tertiary/aromatic N) is 4. The molecule has 2 aromatic rings. The third kappa shape index (κ3) is 2.73. The molecule has 116 valence electrons. The largest absolute Gasteiger partial charge is 0.386 e. The second-order valence-electron chi connectivity index (χ2n) is 6.65. The molecule has 6 heteroatoms. The monoisotopic (exact) mass is 318 g/mol. The standard InChI is InChI=1S/C16H19ClN4O/c1-15(2,3)16(9-21-11-18-10-19-21)8-14(20-22-16)12-4-6-13(17)7-5-12/h4-7,10-11H,8-9H2,1-3H3. The van der Waals surface area contributed by atoms with Gasteiger partial charge in [0.1, 0.15) is 12.7 Å². The molecule has 22 heavy (non-hydrogen) atoms. The zero-order chi connectivity index (χ0) is 15.8. The molecule has 1 aliphatic rings. The van der Waals surface area contributed by atoms with Gasteiger partial charge in [-0.3, -0.25) is 0 Å². The molecule has 0 aliphatic carbocycles. The van der Waals surface area contributed by atoms with Gasteiger partial charge in [0, 0.05) is 16.9 Å². The summed E-state index contributed by atoms with van der Waals surface area (Å²) in [5, 5.41) is 9.27. The molecule has 0 spiro atoms. The first kappa shape index (κ1) is 15.0. The highest BCUT2D eigenvalue weighted by atomic mass is 35.5. The topological polar surface area (TPSA) is 52.3 Å². The van der Waals surface area contributed by atoms with E-state index in [1.807, 2.05) is 24.3 Å². The highest BCUT2D eigenvalue weighted by molar-refractivity contribution is 6.30. The number of oxime groups is 1. The summed E-state index contributed by atoms with van der Waals surface area (Å²) in [4.78, 5) is 9.95. The van der Waals surface area contributed by atoms with E-state index in [9.17, 15) is 0 Å². The van der Waals surface area contributed by atoms with Crippen molar-refractivity contribution in [2.75, 3.05) is 0 Å². The van der Waals surface area contributed by atoms with Crippen LogP contribution in [0.4, 0.5) is 0 Å². The number of hydrogen-bond acceptors (Lipinski definition) is 4. The third-order valence-electron chi connectivity index (χ3n) is 4.21. The lowest BCUT2D eigenvalue weighted by Gasteiger charge is -2.38. The van der Waals surface area contributed by atoms with Crippen molar-refractivity contribution in [2.24, 2.45) is 10.6 Å². The van der Waals surface area contributed by atoms with E-state index in [-0.39, 0.29) is 5.41 Å². The summed E-state index contributed by atoms with van der Waals surface area (Å²) in [5.41, 5.74) is 1.42. The maximum Gasteiger partial charge on any atom is 0.167 e. The van der Waals surface area contributed by atoms with E-state index in [1.165, 1.54) is 6.33 Å². The number of aromatic nitrogens is 3. The maximum absolute atomic E-state index is 5.95. The van der Waals surface area contributed by atoms with Gasteiger partial charge in [0.05, 0.1) is 12.3 Å². The second kappa shape index (κ2) is 5.39. The molecule has 1 aromatic carbocycles. The van der Waals surface area contributed by atoms with Gasteiger partial charge in [-0.15, -0.1) is 0 Å². The van der Waals surface area contributed by atoms with Gasteiger partial charge < -0.3 is 4.84 Å². The smallest absolute Gasteiger partial charge is 0.167 e. The Labute approximate surface area is 134 Å². The SMILES string of the molecule is CC(C)(C)C1(Cn2cncn2)CC(c2ccc(Cl)cc2)=NO1. The molecule has 1 aliphatic heterocycles. The van der Waals surface area contributed by atoms with E-state index >= 15 is 0 Å². The fourth-order valence-electron chi connectivity index (χ4n) is 2.57. The molecule has 1 unspecified atom stereocenters. The Morgan fingerprint density at radius 1 is 1.27 bits per heavy atom. The highest BCUT2D eigenvalue weighted by Crippen LogP contribution is 2.42. The summed E-state index contributed by atoms with van der Waals surface area (Å²) in [6.45, 7) is 7.08. The van der Waals surface area contributed by atoms with Crippen LogP contribution in [0.15, 0.2) is 42.1 Å². The predicted molar refractivity (Wildman–Crippen MR) is 85.9 cm³/mol. The van der Waals surface area contributed by atoms with Crippen LogP contribution in [0.2, 0.25) is 5.02 Å². The predicted octanol–water partition coefficient (Wildman–Crippen LogP) is 3.54. The maximum atomic E-state index is 5.95. The summed E-state index contributed by atoms with van der Waals surface area (Å²) in [7, 11) is 0. The fourth-order valence-corrected chi connectivity index (χ4v) is 2.70. The van der Waals surface area contributed by atoms with E-state index in [1.54, 1.807) is 11.0 Å². The molecule has 0 N–H and O–H groups in total. The zero-order valence-electron chi connectivity index (χ0n) is 13.0. The van der Waals surface area contributed by atoms with Crippen molar-refractivity contribution in [3.8, 4) is 0 Å². The molecule has 0 fully saturated rings. The Balaban J connectivity index is 1.87. The number of halogens is 1. The Morgan fingerprint density at radius 2 is 2.00 bits per heavy atom. The molecule has 0 amide bonds. The minimum atomic E-state index is -0.449. The van der Waals surface area contributed by atoms with Crippen molar-refractivity contribution in [1.29, 1.82) is 0 Å². The highest BCUT2D eigenvalue weighted by Gasteiger charge is 2.49. The van der Waals surface area contributed by atoms with E-state index in [0.29, 0.717) is 11.6 Å². The first-order chi connectivity index (χ1) is 10.4. The Bertz CT molecular complexity index is 673. The summed E-state index contributed by atoms with van der Waals surface area (Å²) < 4.78 is 1.80. The van der Waals surface area contributed by atoms with Crippen LogP contribution < -0.4 is 0 Å². The van der Waals surface area contributed by atoms with E-state index in [0.717, 1.165) is 17.7 Å². The van der Waals surface area contributed by atoms with Gasteiger partial charge in [0.15, 0.2) is 5.60 Å². The summed E-state index contributed by atoms with van der Waals surface area (Å²) in [5.74, 6) is 0. The molecule has 0 radical (unpaired) electrons. The Kier molecular flexibility index (Phi) is 3.68. The van der Waals surface area contributed by atoms with Crippen LogP contribution in [0.3, 0.4) is 0 Å². The van der Waals surface area contributed by atoms with Crippen molar-refractivity contribution in [3.05, 3.63) is 47.5 Å². The average Bonchev–Trinajstić information content (AvgIpc) is 3.10. The van der Waals surface area contributed by atoms with Gasteiger partial charge in [-0.05, 0) is 17.7 Å². The van der Waals surface area contributed by atoms with Crippen molar-refractivity contribution in [2.45, 2.75) is 39.3 Å². The molecule has 0 bridgehead atoms. The van der Waals surface area contributed by atoms with Gasteiger partial charge in [0.25, 0.3) is 0 Å². The quantitative estimate of drug-likeness (QED) is 0.869. The summed E-state index contributed by atoms with van der Waals surface area (Å²) in [6.07, 6.45) is 3.96. The first-order valence-corrected chi connectivity index (χ1v) is 7.61. The summed E-state index contributed by atoms with van der Waals surface area (Å²) >= 11 is 5.95. The Hall–Kier alpha value is -1.88. The van der Waals surface area contributed by atoms with Crippen LogP contribution in [0.25, 0.3) is 0 Å². The average molecular weight is 319 g/mol. The van der Waals surface area contributed by atoms with Gasteiger partial charge in [-0.2, -0.15) is 5.10 Å². The molecule has 0 saturated carbocycles. The molecular formula is C16H19ClN4O. The minimum absolute atomic E-state index is 0.101. The lowest BCUT2D eigenvalue weighted by atomic mass is 9.73. The molecule has 2 heterocycles. The van der Waals surface area contributed by atoms with E-state index < -0.39 is 5.60 Å².